The fourth-order valence-electron chi connectivity index (χ4n) is 3.14. The molecule has 1 aliphatic heterocycles. The van der Waals surface area contributed by atoms with E-state index in [1.807, 2.05) is 24.3 Å². The number of alkyl halides is 2. The summed E-state index contributed by atoms with van der Waals surface area (Å²) in [5.41, 5.74) is 0.875. The molecule has 7 nitrogen and oxygen atoms in total. The average molecular weight is 420 g/mol. The second-order valence-electron chi connectivity index (χ2n) is 6.52. The second kappa shape index (κ2) is 9.91. The number of ether oxygens (including phenoxy) is 3. The highest BCUT2D eigenvalue weighted by atomic mass is 19.3. The van der Waals surface area contributed by atoms with Gasteiger partial charge in [0.2, 0.25) is 0 Å². The zero-order chi connectivity index (χ0) is 21.5. The third-order valence-electron chi connectivity index (χ3n) is 4.72. The highest BCUT2D eigenvalue weighted by Gasteiger charge is 2.23. The van der Waals surface area contributed by atoms with Gasteiger partial charge in [-0.2, -0.15) is 8.78 Å². The molecule has 30 heavy (non-hydrogen) atoms. The molecule has 0 atom stereocenters. The van der Waals surface area contributed by atoms with Crippen molar-refractivity contribution in [3.8, 4) is 11.5 Å². The zero-order valence-corrected chi connectivity index (χ0v) is 16.4. The summed E-state index contributed by atoms with van der Waals surface area (Å²) >= 11 is 0. The van der Waals surface area contributed by atoms with E-state index in [1.165, 1.54) is 24.3 Å². The van der Waals surface area contributed by atoms with Gasteiger partial charge in [0.15, 0.2) is 6.61 Å². The normalized spacial score (nSPS) is 13.9. The van der Waals surface area contributed by atoms with Gasteiger partial charge < -0.3 is 24.0 Å². The molecule has 9 heteroatoms. The molecule has 0 unspecified atom stereocenters. The number of hydrogen-bond donors (Lipinski definition) is 0. The predicted octanol–water partition coefficient (Wildman–Crippen LogP) is 2.80. The van der Waals surface area contributed by atoms with Crippen LogP contribution in [-0.2, 0) is 9.53 Å². The first-order chi connectivity index (χ1) is 14.5. The topological polar surface area (TPSA) is 68.3 Å². The van der Waals surface area contributed by atoms with Gasteiger partial charge in [-0.05, 0) is 36.4 Å². The van der Waals surface area contributed by atoms with Crippen molar-refractivity contribution < 1.29 is 32.6 Å². The van der Waals surface area contributed by atoms with Gasteiger partial charge in [0.1, 0.15) is 17.1 Å². The van der Waals surface area contributed by atoms with E-state index in [4.69, 9.17) is 9.47 Å². The third-order valence-corrected chi connectivity index (χ3v) is 4.72. The molecule has 1 saturated heterocycles. The van der Waals surface area contributed by atoms with Crippen LogP contribution >= 0.6 is 0 Å². The molecule has 0 aliphatic carbocycles. The third kappa shape index (κ3) is 5.37. The lowest BCUT2D eigenvalue weighted by Gasteiger charge is -2.36. The van der Waals surface area contributed by atoms with Gasteiger partial charge in [-0.15, -0.1) is 0 Å². The van der Waals surface area contributed by atoms with E-state index in [0.29, 0.717) is 26.2 Å². The summed E-state index contributed by atoms with van der Waals surface area (Å²) in [6, 6.07) is 13.2. The predicted molar refractivity (Wildman–Crippen MR) is 105 cm³/mol. The minimum absolute atomic E-state index is 0.157. The van der Waals surface area contributed by atoms with Crippen LogP contribution in [-0.4, -0.2) is 63.3 Å². The van der Waals surface area contributed by atoms with E-state index in [9.17, 15) is 18.4 Å². The molecule has 0 N–H and O–H groups in total. The Balaban J connectivity index is 1.50. The van der Waals surface area contributed by atoms with Gasteiger partial charge in [-0.1, -0.05) is 12.1 Å². The number of methoxy groups -OCH3 is 1. The van der Waals surface area contributed by atoms with Crippen molar-refractivity contribution in [2.24, 2.45) is 0 Å². The van der Waals surface area contributed by atoms with Crippen LogP contribution in [0.25, 0.3) is 0 Å². The number of halogens is 2. The van der Waals surface area contributed by atoms with Crippen molar-refractivity contribution in [3.05, 3.63) is 54.1 Å². The van der Waals surface area contributed by atoms with Gasteiger partial charge in [0, 0.05) is 31.9 Å². The fraction of sp³-hybridized carbons (Fsp3) is 0.333. The minimum Gasteiger partial charge on any atom is -0.497 e. The number of amides is 1. The molecule has 2 aromatic carbocycles. The number of esters is 1. The van der Waals surface area contributed by atoms with Crippen molar-refractivity contribution in [3.63, 3.8) is 0 Å². The molecule has 2 aromatic rings. The van der Waals surface area contributed by atoms with Crippen LogP contribution in [0.3, 0.4) is 0 Å². The molecule has 0 bridgehead atoms. The summed E-state index contributed by atoms with van der Waals surface area (Å²) in [6.07, 6.45) is 0. The lowest BCUT2D eigenvalue weighted by Crippen LogP contribution is -2.49. The molecule has 1 amide bonds. The summed E-state index contributed by atoms with van der Waals surface area (Å²) in [5, 5.41) is 0. The number of para-hydroxylation sites is 1. The lowest BCUT2D eigenvalue weighted by atomic mass is 10.2. The largest absolute Gasteiger partial charge is 0.497 e. The number of hydrogen-bond acceptors (Lipinski definition) is 6. The van der Waals surface area contributed by atoms with Crippen molar-refractivity contribution in [2.75, 3.05) is 44.8 Å². The van der Waals surface area contributed by atoms with E-state index in [1.54, 1.807) is 12.0 Å². The van der Waals surface area contributed by atoms with E-state index in [0.717, 1.165) is 11.4 Å². The molecule has 0 radical (unpaired) electrons. The zero-order valence-electron chi connectivity index (χ0n) is 16.4. The number of carbonyl (C=O) groups excluding carboxylic acids is 2. The molecular formula is C21H22F2N2O5. The Bertz CT molecular complexity index is 868. The van der Waals surface area contributed by atoms with Crippen LogP contribution < -0.4 is 14.4 Å². The van der Waals surface area contributed by atoms with Crippen LogP contribution in [0, 0.1) is 0 Å². The van der Waals surface area contributed by atoms with Crippen molar-refractivity contribution in [2.45, 2.75) is 6.61 Å². The van der Waals surface area contributed by atoms with E-state index < -0.39 is 19.2 Å². The molecule has 160 valence electrons. The first-order valence-electron chi connectivity index (χ1n) is 9.35. The Labute approximate surface area is 172 Å². The molecule has 3 rings (SSSR count). The molecule has 0 aromatic heterocycles. The maximum Gasteiger partial charge on any atom is 0.387 e. The SMILES string of the molecule is COc1ccc(N2CCN(C(=O)COC(=O)c3ccccc3OC(F)F)CC2)cc1. The van der Waals surface area contributed by atoms with Gasteiger partial charge in [-0.25, -0.2) is 4.79 Å². The highest BCUT2D eigenvalue weighted by molar-refractivity contribution is 5.94. The van der Waals surface area contributed by atoms with Crippen molar-refractivity contribution >= 4 is 17.6 Å². The average Bonchev–Trinajstić information content (AvgIpc) is 2.77. The van der Waals surface area contributed by atoms with E-state index in [2.05, 4.69) is 9.64 Å². The lowest BCUT2D eigenvalue weighted by molar-refractivity contribution is -0.134. The minimum atomic E-state index is -3.07. The molecule has 1 fully saturated rings. The number of nitrogens with zero attached hydrogens (tertiary/aromatic N) is 2. The van der Waals surface area contributed by atoms with E-state index in [-0.39, 0.29) is 17.2 Å². The molecule has 0 saturated carbocycles. The molecule has 0 spiro atoms. The van der Waals surface area contributed by atoms with Gasteiger partial charge in [0.25, 0.3) is 5.91 Å². The maximum absolute atomic E-state index is 12.5. The Morgan fingerprint density at radius 3 is 2.30 bits per heavy atom. The van der Waals surface area contributed by atoms with Crippen LogP contribution in [0.2, 0.25) is 0 Å². The van der Waals surface area contributed by atoms with Crippen LogP contribution in [0.15, 0.2) is 48.5 Å². The van der Waals surface area contributed by atoms with E-state index >= 15 is 0 Å². The molecule has 1 heterocycles. The summed E-state index contributed by atoms with van der Waals surface area (Å²) < 4.78 is 39.4. The number of rotatable bonds is 7. The quantitative estimate of drug-likeness (QED) is 0.642. The van der Waals surface area contributed by atoms with Gasteiger partial charge >= 0.3 is 12.6 Å². The van der Waals surface area contributed by atoms with Crippen LogP contribution in [0.5, 0.6) is 11.5 Å². The maximum atomic E-state index is 12.5. The van der Waals surface area contributed by atoms with Crippen molar-refractivity contribution in [1.29, 1.82) is 0 Å². The van der Waals surface area contributed by atoms with Crippen molar-refractivity contribution in [1.82, 2.24) is 4.90 Å². The Kier molecular flexibility index (Phi) is 7.05. The number of carbonyl (C=O) groups is 2. The monoisotopic (exact) mass is 420 g/mol. The second-order valence-corrected chi connectivity index (χ2v) is 6.52. The van der Waals surface area contributed by atoms with Crippen LogP contribution in [0.4, 0.5) is 14.5 Å². The Hall–Kier alpha value is -3.36. The summed E-state index contributed by atoms with van der Waals surface area (Å²) in [7, 11) is 1.61. The summed E-state index contributed by atoms with van der Waals surface area (Å²) in [4.78, 5) is 28.3. The van der Waals surface area contributed by atoms with Gasteiger partial charge in [-0.3, -0.25) is 4.79 Å². The first-order valence-corrected chi connectivity index (χ1v) is 9.35. The summed E-state index contributed by atoms with van der Waals surface area (Å²) in [6.45, 7) is -1.30. The standard InChI is InChI=1S/C21H22F2N2O5/c1-28-16-8-6-15(7-9-16)24-10-12-25(13-11-24)19(26)14-29-20(27)17-4-2-3-5-18(17)30-21(22)23/h2-9,21H,10-14H2,1H3. The number of benzene rings is 2. The first kappa shape index (κ1) is 21.4. The fourth-order valence-corrected chi connectivity index (χ4v) is 3.14. The highest BCUT2D eigenvalue weighted by Crippen LogP contribution is 2.22. The molecule has 1 aliphatic rings. The Morgan fingerprint density at radius 1 is 1.00 bits per heavy atom. The number of anilines is 1. The van der Waals surface area contributed by atoms with Gasteiger partial charge in [0.05, 0.1) is 7.11 Å². The van der Waals surface area contributed by atoms with Crippen LogP contribution in [0.1, 0.15) is 10.4 Å². The smallest absolute Gasteiger partial charge is 0.387 e. The summed E-state index contributed by atoms with van der Waals surface area (Å²) in [5.74, 6) is -0.755. The number of piperazine rings is 1. The molecular weight excluding hydrogens is 398 g/mol. The Morgan fingerprint density at radius 2 is 1.67 bits per heavy atom.